The van der Waals surface area contributed by atoms with Crippen molar-refractivity contribution in [3.63, 3.8) is 0 Å². The smallest absolute Gasteiger partial charge is 0.408 e. The summed E-state index contributed by atoms with van der Waals surface area (Å²) >= 11 is 0. The third-order valence-corrected chi connectivity index (χ3v) is 2.79. The number of methoxy groups -OCH3 is 1. The summed E-state index contributed by atoms with van der Waals surface area (Å²) in [5.41, 5.74) is 0.432. The van der Waals surface area contributed by atoms with Crippen LogP contribution in [0.3, 0.4) is 0 Å². The van der Waals surface area contributed by atoms with Gasteiger partial charge in [-0.1, -0.05) is 12.1 Å². The van der Waals surface area contributed by atoms with Gasteiger partial charge in [-0.3, -0.25) is 4.79 Å². The molecule has 128 valence electrons. The molecule has 0 heterocycles. The largest absolute Gasteiger partial charge is 0.497 e. The van der Waals surface area contributed by atoms with Crippen LogP contribution >= 0.6 is 0 Å². The molecule has 0 saturated heterocycles. The van der Waals surface area contributed by atoms with Gasteiger partial charge in [-0.05, 0) is 45.4 Å². The van der Waals surface area contributed by atoms with E-state index in [-0.39, 0.29) is 12.6 Å². The number of carbonyl (C=O) groups excluding carboxylic acids is 2. The highest BCUT2D eigenvalue weighted by molar-refractivity contribution is 5.78. The van der Waals surface area contributed by atoms with Gasteiger partial charge in [0.1, 0.15) is 24.0 Å². The molecule has 1 N–H and O–H groups in total. The summed E-state index contributed by atoms with van der Waals surface area (Å²) in [5.74, 6) is 0.275. The maximum atomic E-state index is 11.7. The number of benzene rings is 1. The molecule has 1 rings (SSSR count). The van der Waals surface area contributed by atoms with Crippen LogP contribution in [-0.2, 0) is 20.7 Å². The standard InChI is InChI=1S/C17H25NO5/c1-12(10-13-6-8-14(21-5)9-7-13)22-15(19)11-18-16(20)23-17(2,3)4/h6-9,12H,10-11H2,1-5H3,(H,18,20). The molecule has 0 aliphatic rings. The zero-order chi connectivity index (χ0) is 17.5. The second-order valence-electron chi connectivity index (χ2n) is 6.21. The fourth-order valence-electron chi connectivity index (χ4n) is 1.86. The van der Waals surface area contributed by atoms with Crippen LogP contribution in [0.4, 0.5) is 4.79 Å². The zero-order valence-corrected chi connectivity index (χ0v) is 14.3. The fraction of sp³-hybridized carbons (Fsp3) is 0.529. The van der Waals surface area contributed by atoms with Gasteiger partial charge in [-0.2, -0.15) is 0 Å². The van der Waals surface area contributed by atoms with E-state index in [0.29, 0.717) is 6.42 Å². The van der Waals surface area contributed by atoms with Crippen LogP contribution in [0, 0.1) is 0 Å². The molecule has 1 amide bonds. The van der Waals surface area contributed by atoms with E-state index in [4.69, 9.17) is 14.2 Å². The lowest BCUT2D eigenvalue weighted by molar-refractivity contribution is -0.147. The molecule has 0 aliphatic carbocycles. The Kier molecular flexibility index (Phi) is 6.88. The Morgan fingerprint density at radius 3 is 2.30 bits per heavy atom. The molecular formula is C17H25NO5. The predicted molar refractivity (Wildman–Crippen MR) is 86.5 cm³/mol. The minimum atomic E-state index is -0.641. The van der Waals surface area contributed by atoms with Gasteiger partial charge in [0, 0.05) is 6.42 Å². The minimum Gasteiger partial charge on any atom is -0.497 e. The molecule has 1 atom stereocenters. The summed E-state index contributed by atoms with van der Waals surface area (Å²) in [5, 5.41) is 2.37. The van der Waals surface area contributed by atoms with Gasteiger partial charge in [0.15, 0.2) is 0 Å². The lowest BCUT2D eigenvalue weighted by Crippen LogP contribution is -2.36. The van der Waals surface area contributed by atoms with Crippen LogP contribution in [0.5, 0.6) is 5.75 Å². The Labute approximate surface area is 137 Å². The normalized spacial score (nSPS) is 12.2. The number of nitrogens with one attached hydrogen (secondary N) is 1. The van der Waals surface area contributed by atoms with E-state index < -0.39 is 17.7 Å². The van der Waals surface area contributed by atoms with Crippen molar-refractivity contribution < 1.29 is 23.8 Å². The van der Waals surface area contributed by atoms with Crippen LogP contribution in [0.25, 0.3) is 0 Å². The average molecular weight is 323 g/mol. The third-order valence-electron chi connectivity index (χ3n) is 2.79. The Bertz CT molecular complexity index is 519. The predicted octanol–water partition coefficient (Wildman–Crippen LogP) is 2.69. The highest BCUT2D eigenvalue weighted by Gasteiger charge is 2.17. The Morgan fingerprint density at radius 1 is 1.17 bits per heavy atom. The van der Waals surface area contributed by atoms with Crippen LogP contribution in [0.15, 0.2) is 24.3 Å². The molecule has 0 aromatic heterocycles. The molecule has 0 fully saturated rings. The summed E-state index contributed by atoms with van der Waals surface area (Å²) < 4.78 is 15.4. The second kappa shape index (κ2) is 8.41. The number of hydrogen-bond acceptors (Lipinski definition) is 5. The topological polar surface area (TPSA) is 73.9 Å². The number of carbonyl (C=O) groups is 2. The molecule has 6 heteroatoms. The molecule has 23 heavy (non-hydrogen) atoms. The van der Waals surface area contributed by atoms with E-state index in [2.05, 4.69) is 5.32 Å². The first kappa shape index (κ1) is 18.8. The summed E-state index contributed by atoms with van der Waals surface area (Å²) in [4.78, 5) is 23.1. The second-order valence-corrected chi connectivity index (χ2v) is 6.21. The van der Waals surface area contributed by atoms with Gasteiger partial charge in [-0.15, -0.1) is 0 Å². The van der Waals surface area contributed by atoms with Crippen LogP contribution in [0.2, 0.25) is 0 Å². The summed E-state index contributed by atoms with van der Waals surface area (Å²) in [7, 11) is 1.61. The van der Waals surface area contributed by atoms with Crippen molar-refractivity contribution in [2.75, 3.05) is 13.7 Å². The SMILES string of the molecule is COc1ccc(CC(C)OC(=O)CNC(=O)OC(C)(C)C)cc1. The first-order valence-corrected chi connectivity index (χ1v) is 7.49. The molecular weight excluding hydrogens is 298 g/mol. The average Bonchev–Trinajstić information content (AvgIpc) is 2.44. The molecule has 0 aliphatic heterocycles. The quantitative estimate of drug-likeness (QED) is 0.815. The van der Waals surface area contributed by atoms with E-state index in [1.807, 2.05) is 24.3 Å². The van der Waals surface area contributed by atoms with Gasteiger partial charge in [0.25, 0.3) is 0 Å². The molecule has 0 spiro atoms. The molecule has 1 unspecified atom stereocenters. The monoisotopic (exact) mass is 323 g/mol. The number of ether oxygens (including phenoxy) is 3. The summed E-state index contributed by atoms with van der Waals surface area (Å²) in [6.07, 6.45) is -0.351. The van der Waals surface area contributed by atoms with E-state index >= 15 is 0 Å². The van der Waals surface area contributed by atoms with Crippen molar-refractivity contribution in [1.82, 2.24) is 5.32 Å². The molecule has 0 saturated carbocycles. The van der Waals surface area contributed by atoms with Crippen molar-refractivity contribution >= 4 is 12.1 Å². The van der Waals surface area contributed by atoms with Crippen molar-refractivity contribution in [3.8, 4) is 5.75 Å². The van der Waals surface area contributed by atoms with Crippen LogP contribution in [0.1, 0.15) is 33.3 Å². The highest BCUT2D eigenvalue weighted by atomic mass is 16.6. The number of amides is 1. The van der Waals surface area contributed by atoms with Crippen LogP contribution < -0.4 is 10.1 Å². The van der Waals surface area contributed by atoms with Gasteiger partial charge in [-0.25, -0.2) is 4.79 Å². The summed E-state index contributed by atoms with van der Waals surface area (Å²) in [6, 6.07) is 7.55. The Morgan fingerprint density at radius 2 is 1.78 bits per heavy atom. The fourth-order valence-corrected chi connectivity index (χ4v) is 1.86. The van der Waals surface area contributed by atoms with Gasteiger partial charge in [0.05, 0.1) is 7.11 Å². The number of hydrogen-bond donors (Lipinski definition) is 1. The molecule has 1 aromatic carbocycles. The van der Waals surface area contributed by atoms with Crippen LogP contribution in [-0.4, -0.2) is 37.4 Å². The first-order valence-electron chi connectivity index (χ1n) is 7.49. The lowest BCUT2D eigenvalue weighted by atomic mass is 10.1. The lowest BCUT2D eigenvalue weighted by Gasteiger charge is -2.19. The highest BCUT2D eigenvalue weighted by Crippen LogP contribution is 2.13. The van der Waals surface area contributed by atoms with E-state index in [1.54, 1.807) is 34.8 Å². The maximum Gasteiger partial charge on any atom is 0.408 e. The van der Waals surface area contributed by atoms with Gasteiger partial charge >= 0.3 is 12.1 Å². The van der Waals surface area contributed by atoms with E-state index in [1.165, 1.54) is 0 Å². The third kappa shape index (κ3) is 8.09. The van der Waals surface area contributed by atoms with Crippen molar-refractivity contribution in [2.24, 2.45) is 0 Å². The van der Waals surface area contributed by atoms with E-state index in [9.17, 15) is 9.59 Å². The van der Waals surface area contributed by atoms with Crippen molar-refractivity contribution in [3.05, 3.63) is 29.8 Å². The van der Waals surface area contributed by atoms with Gasteiger partial charge in [0.2, 0.25) is 0 Å². The van der Waals surface area contributed by atoms with E-state index in [0.717, 1.165) is 11.3 Å². The zero-order valence-electron chi connectivity index (χ0n) is 14.3. The molecule has 1 aromatic rings. The summed E-state index contributed by atoms with van der Waals surface area (Å²) in [6.45, 7) is 6.84. The van der Waals surface area contributed by atoms with Crippen molar-refractivity contribution in [2.45, 2.75) is 45.8 Å². The molecule has 0 radical (unpaired) electrons. The Balaban J connectivity index is 2.34. The molecule has 6 nitrogen and oxygen atoms in total. The number of rotatable bonds is 6. The Hall–Kier alpha value is -2.24. The molecule has 0 bridgehead atoms. The van der Waals surface area contributed by atoms with Crippen molar-refractivity contribution in [1.29, 1.82) is 0 Å². The maximum absolute atomic E-state index is 11.7. The van der Waals surface area contributed by atoms with Gasteiger partial charge < -0.3 is 19.5 Å². The first-order chi connectivity index (χ1) is 10.7. The minimum absolute atomic E-state index is 0.220. The number of alkyl carbamates (subject to hydrolysis) is 1. The number of esters is 1.